The van der Waals surface area contributed by atoms with E-state index in [-0.39, 0.29) is 5.91 Å². The van der Waals surface area contributed by atoms with Gasteiger partial charge in [-0.05, 0) is 80.1 Å². The van der Waals surface area contributed by atoms with E-state index in [0.717, 1.165) is 36.4 Å². The van der Waals surface area contributed by atoms with Crippen LogP contribution in [-0.4, -0.2) is 29.0 Å². The highest BCUT2D eigenvalue weighted by atomic mass is 32.1. The van der Waals surface area contributed by atoms with Crippen LogP contribution in [0.5, 0.6) is 0 Å². The Morgan fingerprint density at radius 3 is 2.23 bits per heavy atom. The zero-order valence-corrected chi connectivity index (χ0v) is 16.7. The van der Waals surface area contributed by atoms with Crippen LogP contribution >= 0.6 is 12.2 Å². The maximum Gasteiger partial charge on any atom is 0.257 e. The molecule has 4 nitrogen and oxygen atoms in total. The number of aryl methyl sites for hydroxylation is 2. The van der Waals surface area contributed by atoms with Crippen molar-refractivity contribution in [3.63, 3.8) is 0 Å². The monoisotopic (exact) mass is 369 g/mol. The minimum atomic E-state index is -0.205. The summed E-state index contributed by atoms with van der Waals surface area (Å²) in [4.78, 5) is 14.7. The minimum Gasteiger partial charge on any atom is -0.332 e. The maximum absolute atomic E-state index is 12.3. The second-order valence-electron chi connectivity index (χ2n) is 6.37. The van der Waals surface area contributed by atoms with Crippen LogP contribution in [0.2, 0.25) is 0 Å². The van der Waals surface area contributed by atoms with Crippen molar-refractivity contribution in [2.45, 2.75) is 34.2 Å². The van der Waals surface area contributed by atoms with Crippen LogP contribution in [0, 0.1) is 13.8 Å². The summed E-state index contributed by atoms with van der Waals surface area (Å²) in [5.74, 6) is -0.205. The standard InChI is InChI=1S/C21H27N3OS/c1-5-24(6-2)14-17-8-11-19(12-9-17)22-21(26)23-20(25)18-10-7-15(3)16(4)13-18/h7-13H,5-6,14H2,1-4H3,(H2,22,23,25,26). The Labute approximate surface area is 161 Å². The second kappa shape index (κ2) is 9.46. The number of hydrogen-bond acceptors (Lipinski definition) is 3. The topological polar surface area (TPSA) is 44.4 Å². The second-order valence-corrected chi connectivity index (χ2v) is 6.77. The van der Waals surface area contributed by atoms with E-state index in [1.165, 1.54) is 5.56 Å². The third kappa shape index (κ3) is 5.64. The Hall–Kier alpha value is -2.24. The van der Waals surface area contributed by atoms with Crippen molar-refractivity contribution in [2.24, 2.45) is 0 Å². The molecule has 0 aliphatic carbocycles. The van der Waals surface area contributed by atoms with Gasteiger partial charge >= 0.3 is 0 Å². The van der Waals surface area contributed by atoms with Crippen molar-refractivity contribution in [3.05, 3.63) is 64.7 Å². The first-order valence-electron chi connectivity index (χ1n) is 8.93. The number of anilines is 1. The SMILES string of the molecule is CCN(CC)Cc1ccc(NC(=S)NC(=O)c2ccc(C)c(C)c2)cc1. The number of hydrogen-bond donors (Lipinski definition) is 2. The Morgan fingerprint density at radius 1 is 1.00 bits per heavy atom. The molecule has 0 bridgehead atoms. The van der Waals surface area contributed by atoms with Crippen LogP contribution in [0.4, 0.5) is 5.69 Å². The number of nitrogens with one attached hydrogen (secondary N) is 2. The average molecular weight is 370 g/mol. The summed E-state index contributed by atoms with van der Waals surface area (Å²) in [7, 11) is 0. The van der Waals surface area contributed by atoms with Crippen LogP contribution in [0.3, 0.4) is 0 Å². The highest BCUT2D eigenvalue weighted by Crippen LogP contribution is 2.12. The molecule has 0 aromatic heterocycles. The summed E-state index contributed by atoms with van der Waals surface area (Å²) in [5, 5.41) is 6.09. The molecule has 0 radical (unpaired) electrons. The van der Waals surface area contributed by atoms with Gasteiger partial charge in [0.15, 0.2) is 5.11 Å². The summed E-state index contributed by atoms with van der Waals surface area (Å²) in [5.41, 5.74) is 4.96. The van der Waals surface area contributed by atoms with Gasteiger partial charge in [0.2, 0.25) is 0 Å². The molecular formula is C21H27N3OS. The van der Waals surface area contributed by atoms with E-state index < -0.39 is 0 Å². The number of rotatable bonds is 6. The maximum atomic E-state index is 12.3. The van der Waals surface area contributed by atoms with E-state index >= 15 is 0 Å². The lowest BCUT2D eigenvalue weighted by Gasteiger charge is -2.18. The molecule has 138 valence electrons. The molecule has 2 N–H and O–H groups in total. The number of thiocarbonyl (C=S) groups is 1. The summed E-state index contributed by atoms with van der Waals surface area (Å²) < 4.78 is 0. The average Bonchev–Trinajstić information content (AvgIpc) is 2.63. The minimum absolute atomic E-state index is 0.205. The lowest BCUT2D eigenvalue weighted by molar-refractivity contribution is 0.0977. The first kappa shape index (κ1) is 20.1. The van der Waals surface area contributed by atoms with Crippen molar-refractivity contribution in [2.75, 3.05) is 18.4 Å². The van der Waals surface area contributed by atoms with Gasteiger partial charge in [0.05, 0.1) is 0 Å². The first-order valence-corrected chi connectivity index (χ1v) is 9.34. The van der Waals surface area contributed by atoms with Gasteiger partial charge in [-0.25, -0.2) is 0 Å². The van der Waals surface area contributed by atoms with Crippen LogP contribution in [0.25, 0.3) is 0 Å². The van der Waals surface area contributed by atoms with Gasteiger partial charge in [-0.1, -0.05) is 32.0 Å². The molecule has 2 rings (SSSR count). The Bertz CT molecular complexity index is 767. The van der Waals surface area contributed by atoms with Crippen molar-refractivity contribution < 1.29 is 4.79 Å². The molecule has 0 unspecified atom stereocenters. The Balaban J connectivity index is 1.92. The quantitative estimate of drug-likeness (QED) is 0.746. The fourth-order valence-corrected chi connectivity index (χ4v) is 2.83. The molecule has 0 atom stereocenters. The van der Waals surface area contributed by atoms with E-state index in [4.69, 9.17) is 12.2 Å². The molecule has 2 aromatic carbocycles. The zero-order valence-electron chi connectivity index (χ0n) is 15.9. The number of carbonyl (C=O) groups is 1. The highest BCUT2D eigenvalue weighted by molar-refractivity contribution is 7.80. The van der Waals surface area contributed by atoms with Crippen molar-refractivity contribution >= 4 is 28.9 Å². The predicted molar refractivity (Wildman–Crippen MR) is 113 cm³/mol. The number of benzene rings is 2. The van der Waals surface area contributed by atoms with E-state index in [0.29, 0.717) is 10.7 Å². The number of amides is 1. The summed E-state index contributed by atoms with van der Waals surface area (Å²) in [6.45, 7) is 11.3. The molecule has 0 saturated carbocycles. The number of nitrogens with zero attached hydrogens (tertiary/aromatic N) is 1. The highest BCUT2D eigenvalue weighted by Gasteiger charge is 2.09. The molecule has 2 aromatic rings. The van der Waals surface area contributed by atoms with E-state index in [9.17, 15) is 4.79 Å². The molecule has 0 spiro atoms. The van der Waals surface area contributed by atoms with Crippen molar-refractivity contribution in [3.8, 4) is 0 Å². The van der Waals surface area contributed by atoms with Crippen molar-refractivity contribution in [1.29, 1.82) is 0 Å². The van der Waals surface area contributed by atoms with E-state index in [1.54, 1.807) is 0 Å². The predicted octanol–water partition coefficient (Wildman–Crippen LogP) is 4.27. The summed E-state index contributed by atoms with van der Waals surface area (Å²) in [6, 6.07) is 13.7. The molecule has 0 heterocycles. The first-order chi connectivity index (χ1) is 12.4. The fourth-order valence-electron chi connectivity index (χ4n) is 2.62. The Kier molecular flexibility index (Phi) is 7.30. The van der Waals surface area contributed by atoms with E-state index in [2.05, 4.69) is 41.5 Å². The smallest absolute Gasteiger partial charge is 0.257 e. The third-order valence-corrected chi connectivity index (χ3v) is 4.71. The van der Waals surface area contributed by atoms with Gasteiger partial charge < -0.3 is 5.32 Å². The van der Waals surface area contributed by atoms with Crippen LogP contribution in [-0.2, 0) is 6.54 Å². The third-order valence-electron chi connectivity index (χ3n) is 4.51. The molecule has 0 fully saturated rings. The largest absolute Gasteiger partial charge is 0.332 e. The molecule has 0 aliphatic heterocycles. The van der Waals surface area contributed by atoms with Crippen molar-refractivity contribution in [1.82, 2.24) is 10.2 Å². The summed E-state index contributed by atoms with van der Waals surface area (Å²) >= 11 is 5.26. The van der Waals surface area contributed by atoms with E-state index in [1.807, 2.05) is 44.2 Å². The molecular weight excluding hydrogens is 342 g/mol. The molecule has 5 heteroatoms. The summed E-state index contributed by atoms with van der Waals surface area (Å²) in [6.07, 6.45) is 0. The normalized spacial score (nSPS) is 10.7. The fraction of sp³-hybridized carbons (Fsp3) is 0.333. The van der Waals surface area contributed by atoms with Crippen LogP contribution < -0.4 is 10.6 Å². The molecule has 26 heavy (non-hydrogen) atoms. The van der Waals surface area contributed by atoms with Crippen LogP contribution in [0.15, 0.2) is 42.5 Å². The number of carbonyl (C=O) groups excluding carboxylic acids is 1. The van der Waals surface area contributed by atoms with Crippen LogP contribution in [0.1, 0.15) is 40.9 Å². The molecule has 1 amide bonds. The molecule has 0 aliphatic rings. The lowest BCUT2D eigenvalue weighted by Crippen LogP contribution is -2.34. The van der Waals surface area contributed by atoms with Gasteiger partial charge in [-0.15, -0.1) is 0 Å². The lowest BCUT2D eigenvalue weighted by atomic mass is 10.1. The zero-order chi connectivity index (χ0) is 19.1. The molecule has 0 saturated heterocycles. The van der Waals surface area contributed by atoms with Gasteiger partial charge in [0.1, 0.15) is 0 Å². The van der Waals surface area contributed by atoms with Gasteiger partial charge in [0.25, 0.3) is 5.91 Å². The van der Waals surface area contributed by atoms with Gasteiger partial charge in [-0.2, -0.15) is 0 Å². The van der Waals surface area contributed by atoms with Gasteiger partial charge in [-0.3, -0.25) is 15.0 Å². The Morgan fingerprint density at radius 2 is 1.65 bits per heavy atom. The van der Waals surface area contributed by atoms with Gasteiger partial charge in [0, 0.05) is 17.8 Å².